The van der Waals surface area contributed by atoms with Crippen molar-refractivity contribution < 1.29 is 10.2 Å². The SMILES string of the molecule is CC(C)(C)c1cc([O-])c([O-])c(C(C)(C)C)c1.Cc1[c]c(C)cc(C)c1.[Sb]. The molecular weight excluding hydrogens is 430 g/mol. The van der Waals surface area contributed by atoms with Crippen LogP contribution in [0.5, 0.6) is 11.5 Å². The molecule has 4 radical (unpaired) electrons. The molecule has 0 aliphatic rings. The Kier molecular flexibility index (Phi) is 8.77. The third-order valence-electron chi connectivity index (χ3n) is 4.01. The van der Waals surface area contributed by atoms with Crippen LogP contribution in [0.25, 0.3) is 0 Å². The average Bonchev–Trinajstić information content (AvgIpc) is 2.38. The minimum atomic E-state index is -0.391. The van der Waals surface area contributed by atoms with Gasteiger partial charge < -0.3 is 10.2 Å². The molecule has 0 aliphatic heterocycles. The molecule has 0 aliphatic carbocycles. The molecule has 2 aromatic carbocycles. The topological polar surface area (TPSA) is 46.1 Å². The Balaban J connectivity index is 0.000000532. The van der Waals surface area contributed by atoms with E-state index in [0.29, 0.717) is 5.56 Å². The number of rotatable bonds is 0. The van der Waals surface area contributed by atoms with Crippen molar-refractivity contribution in [1.29, 1.82) is 0 Å². The molecule has 0 saturated heterocycles. The zero-order valence-corrected chi connectivity index (χ0v) is 20.1. The molecule has 0 aromatic heterocycles. The molecule has 0 N–H and O–H groups in total. The van der Waals surface area contributed by atoms with Crippen LogP contribution in [0, 0.1) is 26.8 Å². The number of hydrogen-bond acceptors (Lipinski definition) is 2. The van der Waals surface area contributed by atoms with E-state index < -0.39 is 5.75 Å². The van der Waals surface area contributed by atoms with Gasteiger partial charge in [-0.3, -0.25) is 0 Å². The largest absolute Gasteiger partial charge is 0.873 e. The van der Waals surface area contributed by atoms with E-state index >= 15 is 0 Å². The summed E-state index contributed by atoms with van der Waals surface area (Å²) in [5.74, 6) is -0.752. The fourth-order valence-electron chi connectivity index (χ4n) is 2.70. The molecule has 0 unspecified atom stereocenters. The summed E-state index contributed by atoms with van der Waals surface area (Å²) in [5, 5.41) is 23.4. The van der Waals surface area contributed by atoms with E-state index in [2.05, 4.69) is 39.0 Å². The maximum Gasteiger partial charge on any atom is 0 e. The Morgan fingerprint density at radius 3 is 1.54 bits per heavy atom. The van der Waals surface area contributed by atoms with Crippen LogP contribution in [-0.4, -0.2) is 24.4 Å². The van der Waals surface area contributed by atoms with Crippen LogP contribution in [0.4, 0.5) is 0 Å². The van der Waals surface area contributed by atoms with Gasteiger partial charge in [0.2, 0.25) is 0 Å². The van der Waals surface area contributed by atoms with E-state index in [4.69, 9.17) is 0 Å². The smallest absolute Gasteiger partial charge is 0 e. The fraction of sp³-hybridized carbons (Fsp3) is 0.478. The quantitative estimate of drug-likeness (QED) is 0.544. The van der Waals surface area contributed by atoms with Gasteiger partial charge in [0.15, 0.2) is 0 Å². The minimum Gasteiger partial charge on any atom is -0.873 e. The fourth-order valence-corrected chi connectivity index (χ4v) is 2.70. The third kappa shape index (κ3) is 7.23. The second-order valence-corrected chi connectivity index (χ2v) is 8.87. The van der Waals surface area contributed by atoms with Crippen molar-refractivity contribution in [2.24, 2.45) is 0 Å². The summed E-state index contributed by atoms with van der Waals surface area (Å²) in [6, 6.07) is 10.8. The van der Waals surface area contributed by atoms with Crippen molar-refractivity contribution in [3.63, 3.8) is 0 Å². The molecule has 0 bridgehead atoms. The Morgan fingerprint density at radius 2 is 1.19 bits per heavy atom. The van der Waals surface area contributed by atoms with Gasteiger partial charge in [0, 0.05) is 24.4 Å². The average molecular weight is 461 g/mol. The first kappa shape index (κ1) is 24.9. The Bertz CT molecular complexity index is 685. The van der Waals surface area contributed by atoms with Gasteiger partial charge >= 0.3 is 0 Å². The summed E-state index contributed by atoms with van der Waals surface area (Å²) in [6.45, 7) is 18.2. The molecule has 0 fully saturated rings. The van der Waals surface area contributed by atoms with Gasteiger partial charge in [0.25, 0.3) is 0 Å². The van der Waals surface area contributed by atoms with Crippen molar-refractivity contribution >= 4 is 24.4 Å². The van der Waals surface area contributed by atoms with E-state index in [0.717, 1.165) is 5.56 Å². The Labute approximate surface area is 177 Å². The second kappa shape index (κ2) is 9.18. The van der Waals surface area contributed by atoms with Crippen LogP contribution in [0.2, 0.25) is 0 Å². The van der Waals surface area contributed by atoms with Crippen molar-refractivity contribution in [2.45, 2.75) is 73.1 Å². The molecule has 2 aromatic rings. The standard InChI is InChI=1S/C14H22O2.C9H11.Sb/c1-13(2,3)9-7-10(14(4,5)6)12(16)11(15)8-9;1-7-4-8(2)6-9(3)5-7;/h7-8,15-16H,1-6H3;4-5H,1-3H3;/p-2. The number of hydrogen-bond donors (Lipinski definition) is 0. The van der Waals surface area contributed by atoms with Gasteiger partial charge in [0.1, 0.15) is 0 Å². The molecule has 2 nitrogen and oxygen atoms in total. The molecule has 142 valence electrons. The van der Waals surface area contributed by atoms with Crippen molar-refractivity contribution in [3.05, 3.63) is 58.1 Å². The first-order valence-corrected chi connectivity index (χ1v) is 8.72. The predicted octanol–water partition coefficient (Wildman–Crippen LogP) is 4.46. The summed E-state index contributed by atoms with van der Waals surface area (Å²) in [5.41, 5.74) is 4.94. The maximum absolute atomic E-state index is 11.8. The van der Waals surface area contributed by atoms with E-state index in [1.807, 2.05) is 47.6 Å². The first-order valence-electron chi connectivity index (χ1n) is 8.72. The number of benzene rings is 2. The summed E-state index contributed by atoms with van der Waals surface area (Å²) in [4.78, 5) is 0. The van der Waals surface area contributed by atoms with Gasteiger partial charge in [-0.2, -0.15) is 0 Å². The van der Waals surface area contributed by atoms with Crippen LogP contribution in [-0.2, 0) is 10.8 Å². The second-order valence-electron chi connectivity index (χ2n) is 8.87. The third-order valence-corrected chi connectivity index (χ3v) is 4.01. The van der Waals surface area contributed by atoms with E-state index in [-0.39, 0.29) is 41.0 Å². The summed E-state index contributed by atoms with van der Waals surface area (Å²) in [6.07, 6.45) is 0. The molecule has 0 saturated carbocycles. The summed E-state index contributed by atoms with van der Waals surface area (Å²) >= 11 is 0. The molecule has 0 amide bonds. The van der Waals surface area contributed by atoms with E-state index in [1.54, 1.807) is 0 Å². The predicted molar refractivity (Wildman–Crippen MR) is 108 cm³/mol. The first-order chi connectivity index (χ1) is 11.2. The summed E-state index contributed by atoms with van der Waals surface area (Å²) < 4.78 is 0. The van der Waals surface area contributed by atoms with Crippen LogP contribution in [0.1, 0.15) is 69.4 Å². The Morgan fingerprint density at radius 1 is 0.731 bits per heavy atom. The van der Waals surface area contributed by atoms with Crippen LogP contribution in [0.15, 0.2) is 24.3 Å². The van der Waals surface area contributed by atoms with Gasteiger partial charge in [-0.1, -0.05) is 76.9 Å². The molecular formula is C23H31O2Sb-2. The van der Waals surface area contributed by atoms with E-state index in [1.165, 1.54) is 22.8 Å². The van der Waals surface area contributed by atoms with Gasteiger partial charge in [-0.25, -0.2) is 0 Å². The van der Waals surface area contributed by atoms with Gasteiger partial charge in [0.05, 0.1) is 0 Å². The molecule has 3 heteroatoms. The molecule has 0 atom stereocenters. The minimum absolute atomic E-state index is 0. The molecule has 26 heavy (non-hydrogen) atoms. The maximum atomic E-state index is 11.8. The van der Waals surface area contributed by atoms with Gasteiger partial charge in [-0.15, -0.1) is 11.5 Å². The molecule has 0 spiro atoms. The van der Waals surface area contributed by atoms with Crippen LogP contribution < -0.4 is 10.2 Å². The molecule has 0 heterocycles. The normalized spacial score (nSPS) is 11.3. The zero-order valence-electron chi connectivity index (χ0n) is 17.6. The van der Waals surface area contributed by atoms with Crippen LogP contribution in [0.3, 0.4) is 0 Å². The van der Waals surface area contributed by atoms with Crippen LogP contribution >= 0.6 is 0 Å². The van der Waals surface area contributed by atoms with Gasteiger partial charge in [-0.05, 0) is 54.4 Å². The summed E-state index contributed by atoms with van der Waals surface area (Å²) in [7, 11) is 0. The van der Waals surface area contributed by atoms with Crippen molar-refractivity contribution in [2.75, 3.05) is 0 Å². The number of aryl methyl sites for hydroxylation is 3. The zero-order chi connectivity index (χ0) is 19.6. The van der Waals surface area contributed by atoms with Crippen molar-refractivity contribution in [1.82, 2.24) is 0 Å². The molecule has 2 rings (SSSR count). The van der Waals surface area contributed by atoms with E-state index in [9.17, 15) is 10.2 Å². The van der Waals surface area contributed by atoms with Crippen molar-refractivity contribution in [3.8, 4) is 11.5 Å². The Hall–Kier alpha value is -1.14. The monoisotopic (exact) mass is 460 g/mol.